The average molecular weight is 272 g/mol. The molecule has 2 aromatic rings. The molecule has 0 aliphatic heterocycles. The first-order valence-electron chi connectivity index (χ1n) is 6.21. The zero-order valence-corrected chi connectivity index (χ0v) is 11.2. The highest BCUT2D eigenvalue weighted by atomic mass is 16.2. The van der Waals surface area contributed by atoms with Gasteiger partial charge in [0.05, 0.1) is 17.6 Å². The lowest BCUT2D eigenvalue weighted by Crippen LogP contribution is -2.35. The fraction of sp³-hybridized carbons (Fsp3) is 0.214. The van der Waals surface area contributed by atoms with Crippen LogP contribution in [0, 0.1) is 0 Å². The van der Waals surface area contributed by atoms with E-state index in [9.17, 15) is 9.59 Å². The van der Waals surface area contributed by atoms with Gasteiger partial charge in [-0.3, -0.25) is 4.79 Å². The summed E-state index contributed by atoms with van der Waals surface area (Å²) in [6.45, 7) is 4.16. The third-order valence-corrected chi connectivity index (χ3v) is 2.86. The second kappa shape index (κ2) is 6.01. The van der Waals surface area contributed by atoms with Crippen LogP contribution < -0.4 is 16.2 Å². The Balaban J connectivity index is 2.26. The molecule has 0 bridgehead atoms. The topological polar surface area (TPSA) is 76.0 Å². The highest BCUT2D eigenvalue weighted by Gasteiger charge is 2.09. The third kappa shape index (κ3) is 2.85. The van der Waals surface area contributed by atoms with E-state index in [0.717, 1.165) is 5.39 Å². The van der Waals surface area contributed by atoms with Gasteiger partial charge in [-0.1, -0.05) is 24.3 Å². The van der Waals surface area contributed by atoms with Crippen molar-refractivity contribution in [2.75, 3.05) is 6.54 Å². The lowest BCUT2D eigenvalue weighted by molar-refractivity contribution is 0.241. The van der Waals surface area contributed by atoms with Crippen LogP contribution >= 0.6 is 0 Å². The summed E-state index contributed by atoms with van der Waals surface area (Å²) in [6.07, 6.45) is 1.60. The standard InChI is InChI=1S/C14H16N4O2/c1-3-8-15-14(20)16-9-12-10-6-4-5-7-11(10)13(19)18(2)17-12/h3-7H,1,8-9H2,2H3,(H2,15,16,20). The Bertz CT molecular complexity index is 706. The van der Waals surface area contributed by atoms with Gasteiger partial charge >= 0.3 is 6.03 Å². The maximum Gasteiger partial charge on any atom is 0.315 e. The molecule has 0 fully saturated rings. The maximum absolute atomic E-state index is 11.9. The molecular weight excluding hydrogens is 256 g/mol. The molecule has 0 saturated carbocycles. The maximum atomic E-state index is 11.9. The number of amides is 2. The van der Waals surface area contributed by atoms with Crippen LogP contribution in [0.2, 0.25) is 0 Å². The van der Waals surface area contributed by atoms with Crippen molar-refractivity contribution in [3.63, 3.8) is 0 Å². The van der Waals surface area contributed by atoms with E-state index >= 15 is 0 Å². The van der Waals surface area contributed by atoms with Gasteiger partial charge in [0.2, 0.25) is 0 Å². The summed E-state index contributed by atoms with van der Waals surface area (Å²) in [5.74, 6) is 0. The molecular formula is C14H16N4O2. The highest BCUT2D eigenvalue weighted by Crippen LogP contribution is 2.12. The summed E-state index contributed by atoms with van der Waals surface area (Å²) in [5.41, 5.74) is 0.497. The van der Waals surface area contributed by atoms with Crippen molar-refractivity contribution < 1.29 is 4.79 Å². The van der Waals surface area contributed by atoms with E-state index in [-0.39, 0.29) is 18.1 Å². The Labute approximate surface area is 116 Å². The lowest BCUT2D eigenvalue weighted by atomic mass is 10.1. The third-order valence-electron chi connectivity index (χ3n) is 2.86. The summed E-state index contributed by atoms with van der Waals surface area (Å²) in [5, 5.41) is 10.8. The lowest BCUT2D eigenvalue weighted by Gasteiger charge is -2.09. The molecule has 6 nitrogen and oxygen atoms in total. The number of nitrogens with zero attached hydrogens (tertiary/aromatic N) is 2. The summed E-state index contributed by atoms with van der Waals surface area (Å²) in [7, 11) is 1.59. The van der Waals surface area contributed by atoms with E-state index in [4.69, 9.17) is 0 Å². The van der Waals surface area contributed by atoms with Crippen molar-refractivity contribution in [3.8, 4) is 0 Å². The number of aryl methyl sites for hydroxylation is 1. The summed E-state index contributed by atoms with van der Waals surface area (Å²) in [6, 6.07) is 6.91. The zero-order chi connectivity index (χ0) is 14.5. The predicted octanol–water partition coefficient (Wildman–Crippen LogP) is 0.919. The predicted molar refractivity (Wildman–Crippen MR) is 77.4 cm³/mol. The van der Waals surface area contributed by atoms with Gasteiger partial charge in [0, 0.05) is 19.0 Å². The Morgan fingerprint density at radius 3 is 2.75 bits per heavy atom. The van der Waals surface area contributed by atoms with Crippen LogP contribution in [0.4, 0.5) is 4.79 Å². The molecule has 104 valence electrons. The van der Waals surface area contributed by atoms with E-state index in [1.54, 1.807) is 25.3 Å². The molecule has 2 N–H and O–H groups in total. The van der Waals surface area contributed by atoms with Gasteiger partial charge in [-0.2, -0.15) is 5.10 Å². The minimum absolute atomic E-state index is 0.152. The number of hydrogen-bond acceptors (Lipinski definition) is 3. The largest absolute Gasteiger partial charge is 0.335 e. The number of aromatic nitrogens is 2. The van der Waals surface area contributed by atoms with Crippen LogP contribution in [0.1, 0.15) is 5.69 Å². The number of benzene rings is 1. The van der Waals surface area contributed by atoms with Crippen molar-refractivity contribution in [2.45, 2.75) is 6.54 Å². The van der Waals surface area contributed by atoms with Crippen LogP contribution in [-0.2, 0) is 13.6 Å². The Morgan fingerprint density at radius 1 is 1.35 bits per heavy atom. The molecule has 0 aliphatic rings. The molecule has 0 atom stereocenters. The summed E-state index contributed by atoms with van der Waals surface area (Å²) < 4.78 is 1.28. The smallest absolute Gasteiger partial charge is 0.315 e. The molecule has 0 unspecified atom stereocenters. The molecule has 0 spiro atoms. The van der Waals surface area contributed by atoms with Crippen LogP contribution in [-0.4, -0.2) is 22.4 Å². The highest BCUT2D eigenvalue weighted by molar-refractivity contribution is 5.84. The van der Waals surface area contributed by atoms with Gasteiger partial charge in [-0.15, -0.1) is 6.58 Å². The molecule has 1 heterocycles. The molecule has 2 amide bonds. The zero-order valence-electron chi connectivity index (χ0n) is 11.2. The molecule has 0 radical (unpaired) electrons. The van der Waals surface area contributed by atoms with Gasteiger partial charge in [0.1, 0.15) is 0 Å². The number of carbonyl (C=O) groups excluding carboxylic acids is 1. The van der Waals surface area contributed by atoms with E-state index in [1.807, 2.05) is 12.1 Å². The quantitative estimate of drug-likeness (QED) is 0.813. The van der Waals surface area contributed by atoms with Crippen LogP contribution in [0.5, 0.6) is 0 Å². The second-order valence-electron chi connectivity index (χ2n) is 4.27. The molecule has 1 aromatic carbocycles. The number of urea groups is 1. The number of nitrogens with one attached hydrogen (secondary N) is 2. The van der Waals surface area contributed by atoms with Crippen LogP contribution in [0.3, 0.4) is 0 Å². The van der Waals surface area contributed by atoms with E-state index in [0.29, 0.717) is 17.6 Å². The van der Waals surface area contributed by atoms with E-state index < -0.39 is 0 Å². The molecule has 1 aromatic heterocycles. The van der Waals surface area contributed by atoms with Crippen molar-refractivity contribution >= 4 is 16.8 Å². The van der Waals surface area contributed by atoms with Gasteiger partial charge < -0.3 is 10.6 Å². The van der Waals surface area contributed by atoms with Crippen molar-refractivity contribution in [1.82, 2.24) is 20.4 Å². The fourth-order valence-corrected chi connectivity index (χ4v) is 1.90. The van der Waals surface area contributed by atoms with Gasteiger partial charge in [-0.25, -0.2) is 9.48 Å². The van der Waals surface area contributed by atoms with Gasteiger partial charge in [-0.05, 0) is 6.07 Å². The number of rotatable bonds is 4. The molecule has 0 aliphatic carbocycles. The van der Waals surface area contributed by atoms with E-state index in [2.05, 4.69) is 22.3 Å². The monoisotopic (exact) mass is 272 g/mol. The Morgan fingerprint density at radius 2 is 2.05 bits per heavy atom. The van der Waals surface area contributed by atoms with Crippen molar-refractivity contribution in [3.05, 3.63) is 53.0 Å². The summed E-state index contributed by atoms with van der Waals surface area (Å²) >= 11 is 0. The fourth-order valence-electron chi connectivity index (χ4n) is 1.90. The number of fused-ring (bicyclic) bond motifs is 1. The molecule has 20 heavy (non-hydrogen) atoms. The molecule has 0 saturated heterocycles. The SMILES string of the molecule is C=CCNC(=O)NCc1nn(C)c(=O)c2ccccc12. The first-order valence-corrected chi connectivity index (χ1v) is 6.21. The number of carbonyl (C=O) groups is 1. The Hall–Kier alpha value is -2.63. The average Bonchev–Trinajstić information content (AvgIpc) is 2.47. The summed E-state index contributed by atoms with van der Waals surface area (Å²) in [4.78, 5) is 23.4. The van der Waals surface area contributed by atoms with Crippen molar-refractivity contribution in [2.24, 2.45) is 7.05 Å². The molecule has 6 heteroatoms. The van der Waals surface area contributed by atoms with Gasteiger partial charge in [0.25, 0.3) is 5.56 Å². The Kier molecular flexibility index (Phi) is 4.14. The van der Waals surface area contributed by atoms with Crippen molar-refractivity contribution in [1.29, 1.82) is 0 Å². The first kappa shape index (κ1) is 13.8. The minimum Gasteiger partial charge on any atom is -0.335 e. The molecule has 2 rings (SSSR count). The first-order chi connectivity index (χ1) is 9.63. The van der Waals surface area contributed by atoms with E-state index in [1.165, 1.54) is 4.68 Å². The van der Waals surface area contributed by atoms with Crippen LogP contribution in [0.25, 0.3) is 10.8 Å². The van der Waals surface area contributed by atoms with Crippen LogP contribution in [0.15, 0.2) is 41.7 Å². The van der Waals surface area contributed by atoms with Gasteiger partial charge in [0.15, 0.2) is 0 Å². The second-order valence-corrected chi connectivity index (χ2v) is 4.27. The number of hydrogen-bond donors (Lipinski definition) is 2. The minimum atomic E-state index is -0.301. The normalized spacial score (nSPS) is 10.2.